The smallest absolute Gasteiger partial charge is 0.253 e. The minimum atomic E-state index is -0.196. The van der Waals surface area contributed by atoms with Crippen LogP contribution in [-0.2, 0) is 16.1 Å². The van der Waals surface area contributed by atoms with E-state index in [0.717, 1.165) is 12.0 Å². The Kier molecular flexibility index (Phi) is 8.03. The topological polar surface area (TPSA) is 87.9 Å². The Labute approximate surface area is 155 Å². The van der Waals surface area contributed by atoms with E-state index in [-0.39, 0.29) is 17.9 Å². The van der Waals surface area contributed by atoms with Crippen LogP contribution in [0.4, 0.5) is 0 Å². The maximum absolute atomic E-state index is 12.6. The summed E-state index contributed by atoms with van der Waals surface area (Å²) in [5.74, 6) is 0.0585. The Bertz CT molecular complexity index is 583. The van der Waals surface area contributed by atoms with E-state index in [9.17, 15) is 9.59 Å². The van der Waals surface area contributed by atoms with Crippen LogP contribution in [0.5, 0.6) is 0 Å². The fourth-order valence-electron chi connectivity index (χ4n) is 3.02. The Morgan fingerprint density at radius 2 is 1.85 bits per heavy atom. The van der Waals surface area contributed by atoms with Crippen LogP contribution < -0.4 is 11.1 Å². The maximum Gasteiger partial charge on any atom is 0.253 e. The van der Waals surface area contributed by atoms with Gasteiger partial charge in [-0.05, 0) is 31.0 Å². The van der Waals surface area contributed by atoms with Gasteiger partial charge in [0.1, 0.15) is 0 Å². The number of ether oxygens (including phenoxy) is 1. The van der Waals surface area contributed by atoms with E-state index in [2.05, 4.69) is 10.2 Å². The quantitative estimate of drug-likeness (QED) is 0.656. The second kappa shape index (κ2) is 10.3. The van der Waals surface area contributed by atoms with Crippen LogP contribution in [0.1, 0.15) is 29.3 Å². The lowest BCUT2D eigenvalue weighted by molar-refractivity contribution is -0.126. The van der Waals surface area contributed by atoms with Crippen molar-refractivity contribution >= 4 is 11.8 Å². The number of rotatable bonds is 8. The molecule has 1 unspecified atom stereocenters. The normalized spacial score (nSPS) is 16.3. The van der Waals surface area contributed by atoms with Gasteiger partial charge >= 0.3 is 0 Å². The number of hydrogen-bond acceptors (Lipinski definition) is 5. The molecule has 1 aromatic carbocycles. The Balaban J connectivity index is 1.80. The molecule has 3 N–H and O–H groups in total. The standard InChI is InChI=1S/C19H30N4O3/c1-15(18(24)21-8-3-13-26-2)22-9-11-23(12-10-22)19(25)17-6-4-16(14-20)5-7-17/h4-7,15H,3,8-14,20H2,1-2H3,(H,21,24). The molecule has 1 aromatic rings. The molecule has 0 aliphatic carbocycles. The summed E-state index contributed by atoms with van der Waals surface area (Å²) in [7, 11) is 1.65. The molecule has 1 aliphatic heterocycles. The molecular formula is C19H30N4O3. The third-order valence-electron chi connectivity index (χ3n) is 4.79. The van der Waals surface area contributed by atoms with Crippen molar-refractivity contribution < 1.29 is 14.3 Å². The maximum atomic E-state index is 12.6. The SMILES string of the molecule is COCCCNC(=O)C(C)N1CCN(C(=O)c2ccc(CN)cc2)CC1. The van der Waals surface area contributed by atoms with Crippen LogP contribution in [0.2, 0.25) is 0 Å². The van der Waals surface area contributed by atoms with Gasteiger partial charge in [0.25, 0.3) is 5.91 Å². The minimum Gasteiger partial charge on any atom is -0.385 e. The zero-order valence-corrected chi connectivity index (χ0v) is 15.7. The molecule has 144 valence electrons. The van der Waals surface area contributed by atoms with Crippen molar-refractivity contribution in [2.24, 2.45) is 5.73 Å². The molecule has 7 heteroatoms. The van der Waals surface area contributed by atoms with Crippen LogP contribution in [0.3, 0.4) is 0 Å². The summed E-state index contributed by atoms with van der Waals surface area (Å²) in [6, 6.07) is 7.23. The van der Waals surface area contributed by atoms with Crippen LogP contribution in [-0.4, -0.2) is 74.1 Å². The third kappa shape index (κ3) is 5.52. The molecule has 0 saturated carbocycles. The number of methoxy groups -OCH3 is 1. The molecule has 0 bridgehead atoms. The van der Waals surface area contributed by atoms with Gasteiger partial charge in [0, 0.05) is 58.5 Å². The van der Waals surface area contributed by atoms with Crippen molar-refractivity contribution in [2.75, 3.05) is 46.4 Å². The van der Waals surface area contributed by atoms with E-state index in [0.29, 0.717) is 51.4 Å². The number of piperazine rings is 1. The molecule has 1 atom stereocenters. The zero-order valence-electron chi connectivity index (χ0n) is 15.7. The lowest BCUT2D eigenvalue weighted by atomic mass is 10.1. The highest BCUT2D eigenvalue weighted by atomic mass is 16.5. The second-order valence-corrected chi connectivity index (χ2v) is 6.54. The Hall–Kier alpha value is -1.96. The summed E-state index contributed by atoms with van der Waals surface area (Å²) >= 11 is 0. The summed E-state index contributed by atoms with van der Waals surface area (Å²) in [5, 5.41) is 2.93. The zero-order chi connectivity index (χ0) is 18.9. The Morgan fingerprint density at radius 1 is 1.19 bits per heavy atom. The van der Waals surface area contributed by atoms with E-state index in [1.807, 2.05) is 36.1 Å². The molecule has 0 aromatic heterocycles. The van der Waals surface area contributed by atoms with E-state index >= 15 is 0 Å². The van der Waals surface area contributed by atoms with Crippen molar-refractivity contribution in [3.05, 3.63) is 35.4 Å². The number of nitrogens with one attached hydrogen (secondary N) is 1. The molecule has 26 heavy (non-hydrogen) atoms. The van der Waals surface area contributed by atoms with Crippen LogP contribution in [0.25, 0.3) is 0 Å². The summed E-state index contributed by atoms with van der Waals surface area (Å²) < 4.78 is 4.98. The molecule has 0 spiro atoms. The molecule has 1 saturated heterocycles. The number of amides is 2. The molecule has 2 amide bonds. The van der Waals surface area contributed by atoms with Crippen molar-refractivity contribution in [3.8, 4) is 0 Å². The lowest BCUT2D eigenvalue weighted by Gasteiger charge is -2.37. The highest BCUT2D eigenvalue weighted by molar-refractivity contribution is 5.94. The summed E-state index contributed by atoms with van der Waals surface area (Å²) in [5.41, 5.74) is 7.28. The molecule has 1 heterocycles. The third-order valence-corrected chi connectivity index (χ3v) is 4.79. The molecule has 1 aliphatic rings. The van der Waals surface area contributed by atoms with Crippen LogP contribution in [0.15, 0.2) is 24.3 Å². The predicted molar refractivity (Wildman–Crippen MR) is 101 cm³/mol. The molecular weight excluding hydrogens is 332 g/mol. The van der Waals surface area contributed by atoms with Gasteiger partial charge in [0.2, 0.25) is 5.91 Å². The molecule has 7 nitrogen and oxygen atoms in total. The van der Waals surface area contributed by atoms with Gasteiger partial charge in [0.05, 0.1) is 6.04 Å². The number of carbonyl (C=O) groups is 2. The monoisotopic (exact) mass is 362 g/mol. The van der Waals surface area contributed by atoms with Gasteiger partial charge in [-0.25, -0.2) is 0 Å². The Morgan fingerprint density at radius 3 is 2.42 bits per heavy atom. The number of hydrogen-bond donors (Lipinski definition) is 2. The number of nitrogens with two attached hydrogens (primary N) is 1. The predicted octanol–water partition coefficient (Wildman–Crippen LogP) is 0.444. The van der Waals surface area contributed by atoms with Gasteiger partial charge in [-0.2, -0.15) is 0 Å². The van der Waals surface area contributed by atoms with Gasteiger partial charge in [0.15, 0.2) is 0 Å². The average molecular weight is 362 g/mol. The van der Waals surface area contributed by atoms with Gasteiger partial charge in [-0.15, -0.1) is 0 Å². The summed E-state index contributed by atoms with van der Waals surface area (Å²) in [6.45, 7) is 6.28. The number of carbonyl (C=O) groups excluding carboxylic acids is 2. The number of nitrogens with zero attached hydrogens (tertiary/aromatic N) is 2. The molecule has 0 radical (unpaired) electrons. The lowest BCUT2D eigenvalue weighted by Crippen LogP contribution is -2.55. The largest absolute Gasteiger partial charge is 0.385 e. The molecule has 1 fully saturated rings. The average Bonchev–Trinajstić information content (AvgIpc) is 2.70. The van der Waals surface area contributed by atoms with E-state index in [1.54, 1.807) is 7.11 Å². The van der Waals surface area contributed by atoms with Crippen LogP contribution in [0, 0.1) is 0 Å². The summed E-state index contributed by atoms with van der Waals surface area (Å²) in [4.78, 5) is 28.8. The fourth-order valence-corrected chi connectivity index (χ4v) is 3.02. The van der Waals surface area contributed by atoms with Crippen molar-refractivity contribution in [3.63, 3.8) is 0 Å². The van der Waals surface area contributed by atoms with Crippen molar-refractivity contribution in [2.45, 2.75) is 25.9 Å². The first kappa shape index (κ1) is 20.4. The first-order valence-electron chi connectivity index (χ1n) is 9.15. The van der Waals surface area contributed by atoms with E-state index in [1.165, 1.54) is 0 Å². The fraction of sp³-hybridized carbons (Fsp3) is 0.579. The van der Waals surface area contributed by atoms with Crippen molar-refractivity contribution in [1.29, 1.82) is 0 Å². The first-order valence-corrected chi connectivity index (χ1v) is 9.15. The summed E-state index contributed by atoms with van der Waals surface area (Å²) in [6.07, 6.45) is 0.806. The first-order chi connectivity index (χ1) is 12.6. The number of benzene rings is 1. The van der Waals surface area contributed by atoms with Gasteiger partial charge in [-0.3, -0.25) is 14.5 Å². The van der Waals surface area contributed by atoms with Gasteiger partial charge < -0.3 is 20.7 Å². The minimum absolute atomic E-state index is 0.0262. The molecule has 2 rings (SSSR count). The van der Waals surface area contributed by atoms with E-state index in [4.69, 9.17) is 10.5 Å². The van der Waals surface area contributed by atoms with Gasteiger partial charge in [-0.1, -0.05) is 12.1 Å². The van der Waals surface area contributed by atoms with E-state index < -0.39 is 0 Å². The highest BCUT2D eigenvalue weighted by Crippen LogP contribution is 2.12. The van der Waals surface area contributed by atoms with Crippen LogP contribution >= 0.6 is 0 Å². The highest BCUT2D eigenvalue weighted by Gasteiger charge is 2.27. The second-order valence-electron chi connectivity index (χ2n) is 6.54. The van der Waals surface area contributed by atoms with Crippen molar-refractivity contribution in [1.82, 2.24) is 15.1 Å².